The molecule has 1 amide bonds. The Hall–Kier alpha value is -0.920. The number of unbranched alkanes of at least 4 members (excludes halogenated alkanes) is 1. The van der Waals surface area contributed by atoms with Gasteiger partial charge in [0.2, 0.25) is 5.91 Å². The Labute approximate surface area is 103 Å². The molecule has 0 saturated heterocycles. The third-order valence-corrected chi connectivity index (χ3v) is 2.00. The highest BCUT2D eigenvalue weighted by atomic mass is 32.3. The van der Waals surface area contributed by atoms with Gasteiger partial charge < -0.3 is 5.32 Å². The molecule has 0 saturated carbocycles. The molecule has 102 valence electrons. The fourth-order valence-electron chi connectivity index (χ4n) is 0.679. The molecule has 0 bridgehead atoms. The van der Waals surface area contributed by atoms with Crippen LogP contribution in [0.25, 0.3) is 0 Å². The first-order valence-corrected chi connectivity index (χ1v) is 6.66. The van der Waals surface area contributed by atoms with Gasteiger partial charge in [0, 0.05) is 12.1 Å². The van der Waals surface area contributed by atoms with Crippen molar-refractivity contribution in [2.24, 2.45) is 0 Å². The molecule has 6 nitrogen and oxygen atoms in total. The van der Waals surface area contributed by atoms with Gasteiger partial charge in [0.05, 0.1) is 6.61 Å². The Kier molecular flexibility index (Phi) is 11.1. The summed E-state index contributed by atoms with van der Waals surface area (Å²) in [6.07, 6.45) is 2.15. The molecular weight excluding hydrogens is 246 g/mol. The van der Waals surface area contributed by atoms with Crippen LogP contribution in [0.4, 0.5) is 0 Å². The van der Waals surface area contributed by atoms with Crippen molar-refractivity contribution in [3.8, 4) is 0 Å². The summed E-state index contributed by atoms with van der Waals surface area (Å²) in [6, 6.07) is 0. The van der Waals surface area contributed by atoms with E-state index in [2.05, 4.69) is 23.0 Å². The van der Waals surface area contributed by atoms with Gasteiger partial charge >= 0.3 is 10.4 Å². The molecule has 0 rings (SSSR count). The average molecular weight is 267 g/mol. The third-order valence-electron chi connectivity index (χ3n) is 1.47. The highest BCUT2D eigenvalue weighted by molar-refractivity contribution is 7.80. The minimum Gasteiger partial charge on any atom is -0.352 e. The van der Waals surface area contributed by atoms with Gasteiger partial charge in [-0.05, 0) is 20.3 Å². The lowest BCUT2D eigenvalue weighted by molar-refractivity contribution is -0.117. The summed E-state index contributed by atoms with van der Waals surface area (Å²) in [4.78, 5) is 10.8. The van der Waals surface area contributed by atoms with Gasteiger partial charge in [-0.1, -0.05) is 19.9 Å². The van der Waals surface area contributed by atoms with Crippen LogP contribution >= 0.6 is 0 Å². The predicted molar refractivity (Wildman–Crippen MR) is 65.9 cm³/mol. The normalized spacial score (nSPS) is 10.1. The smallest absolute Gasteiger partial charge is 0.352 e. The molecule has 17 heavy (non-hydrogen) atoms. The second kappa shape index (κ2) is 10.2. The summed E-state index contributed by atoms with van der Waals surface area (Å²) in [5.74, 6) is -0.0338. The van der Waals surface area contributed by atoms with E-state index in [1.807, 2.05) is 0 Å². The minimum absolute atomic E-state index is 0.0289. The summed E-state index contributed by atoms with van der Waals surface area (Å²) >= 11 is 0. The van der Waals surface area contributed by atoms with Crippen LogP contribution in [0.2, 0.25) is 0 Å². The molecule has 0 spiro atoms. The van der Waals surface area contributed by atoms with E-state index < -0.39 is 10.4 Å². The number of nitrogens with one attached hydrogen (secondary N) is 1. The van der Waals surface area contributed by atoms with Crippen molar-refractivity contribution in [2.75, 3.05) is 13.2 Å². The van der Waals surface area contributed by atoms with Crippen molar-refractivity contribution in [3.63, 3.8) is 0 Å². The van der Waals surface area contributed by atoms with Crippen LogP contribution in [-0.4, -0.2) is 32.0 Å². The number of hydrogen-bond donors (Lipinski definition) is 2. The zero-order valence-corrected chi connectivity index (χ0v) is 11.3. The van der Waals surface area contributed by atoms with E-state index in [4.69, 9.17) is 4.55 Å². The second-order valence-electron chi connectivity index (χ2n) is 3.22. The largest absolute Gasteiger partial charge is 0.397 e. The van der Waals surface area contributed by atoms with Gasteiger partial charge in [0.1, 0.15) is 0 Å². The molecule has 0 radical (unpaired) electrons. The molecule has 0 unspecified atom stereocenters. The molecule has 2 N–H and O–H groups in total. The topological polar surface area (TPSA) is 92.7 Å². The first kappa shape index (κ1) is 18.4. The number of carbonyl (C=O) groups excluding carboxylic acids is 1. The van der Waals surface area contributed by atoms with E-state index in [-0.39, 0.29) is 12.5 Å². The summed E-state index contributed by atoms with van der Waals surface area (Å²) < 4.78 is 30.7. The Morgan fingerprint density at radius 3 is 2.18 bits per heavy atom. The van der Waals surface area contributed by atoms with Gasteiger partial charge in [-0.3, -0.25) is 9.35 Å². The maximum atomic E-state index is 10.8. The molecule has 0 aromatic rings. The minimum atomic E-state index is -4.17. The van der Waals surface area contributed by atoms with Crippen LogP contribution in [0.1, 0.15) is 33.6 Å². The molecule has 0 aliphatic carbocycles. The molecular formula is C10H21NO5S. The zero-order valence-electron chi connectivity index (χ0n) is 10.5. The molecule has 0 atom stereocenters. The Morgan fingerprint density at radius 1 is 1.41 bits per heavy atom. The van der Waals surface area contributed by atoms with Crippen molar-refractivity contribution in [3.05, 3.63) is 12.2 Å². The number of amides is 1. The molecule has 0 heterocycles. The SMILES string of the molecule is C=C(C)C(=O)NCCCC.CCOS(=O)(=O)O. The highest BCUT2D eigenvalue weighted by Gasteiger charge is 1.98. The van der Waals surface area contributed by atoms with E-state index in [0.717, 1.165) is 19.4 Å². The Bertz CT molecular complexity index is 324. The van der Waals surface area contributed by atoms with Gasteiger partial charge in [0.25, 0.3) is 0 Å². The quantitative estimate of drug-likeness (QED) is 0.430. The van der Waals surface area contributed by atoms with Crippen LogP contribution in [0.15, 0.2) is 12.2 Å². The van der Waals surface area contributed by atoms with E-state index in [0.29, 0.717) is 5.57 Å². The van der Waals surface area contributed by atoms with Crippen LogP contribution in [0, 0.1) is 0 Å². The van der Waals surface area contributed by atoms with Crippen molar-refractivity contribution in [1.29, 1.82) is 0 Å². The zero-order chi connectivity index (χ0) is 13.9. The first-order valence-electron chi connectivity index (χ1n) is 5.30. The van der Waals surface area contributed by atoms with Crippen LogP contribution in [-0.2, 0) is 19.4 Å². The monoisotopic (exact) mass is 267 g/mol. The summed E-state index contributed by atoms with van der Waals surface area (Å²) in [7, 11) is -4.17. The standard InChI is InChI=1S/C8H15NO.C2H6O4S/c1-4-5-6-9-8(10)7(2)3;1-2-6-7(3,4)5/h2,4-6H2,1,3H3,(H,9,10);2H2,1H3,(H,3,4,5). The van der Waals surface area contributed by atoms with Crippen LogP contribution < -0.4 is 5.32 Å². The lowest BCUT2D eigenvalue weighted by Gasteiger charge is -2.01. The molecule has 0 aromatic heterocycles. The fourth-order valence-corrected chi connectivity index (χ4v) is 0.976. The number of rotatable bonds is 6. The van der Waals surface area contributed by atoms with Gasteiger partial charge in [0.15, 0.2) is 0 Å². The molecule has 0 aliphatic rings. The summed E-state index contributed by atoms with van der Waals surface area (Å²) in [5, 5.41) is 2.74. The lowest BCUT2D eigenvalue weighted by Crippen LogP contribution is -2.24. The van der Waals surface area contributed by atoms with E-state index in [1.54, 1.807) is 6.92 Å². The maximum absolute atomic E-state index is 10.8. The predicted octanol–water partition coefficient (Wildman–Crippen LogP) is 1.30. The highest BCUT2D eigenvalue weighted by Crippen LogP contribution is 1.87. The molecule has 0 fully saturated rings. The Morgan fingerprint density at radius 2 is 1.94 bits per heavy atom. The third kappa shape index (κ3) is 17.7. The van der Waals surface area contributed by atoms with E-state index >= 15 is 0 Å². The fraction of sp³-hybridized carbons (Fsp3) is 0.700. The van der Waals surface area contributed by atoms with Gasteiger partial charge in [-0.2, -0.15) is 8.42 Å². The summed E-state index contributed by atoms with van der Waals surface area (Å²) in [6.45, 7) is 9.52. The number of carbonyl (C=O) groups is 1. The van der Waals surface area contributed by atoms with E-state index in [9.17, 15) is 13.2 Å². The van der Waals surface area contributed by atoms with Crippen LogP contribution in [0.3, 0.4) is 0 Å². The average Bonchev–Trinajstić information content (AvgIpc) is 2.16. The Balaban J connectivity index is 0. The second-order valence-corrected chi connectivity index (χ2v) is 4.32. The summed E-state index contributed by atoms with van der Waals surface area (Å²) in [5.41, 5.74) is 0.580. The van der Waals surface area contributed by atoms with Crippen LogP contribution in [0.5, 0.6) is 0 Å². The lowest BCUT2D eigenvalue weighted by atomic mass is 10.3. The maximum Gasteiger partial charge on any atom is 0.397 e. The molecule has 0 aromatic carbocycles. The van der Waals surface area contributed by atoms with Crippen molar-refractivity contribution in [2.45, 2.75) is 33.6 Å². The van der Waals surface area contributed by atoms with Crippen molar-refractivity contribution < 1.29 is 21.9 Å². The number of hydrogen-bond acceptors (Lipinski definition) is 4. The van der Waals surface area contributed by atoms with Crippen molar-refractivity contribution in [1.82, 2.24) is 5.32 Å². The van der Waals surface area contributed by atoms with Gasteiger partial charge in [-0.15, -0.1) is 0 Å². The molecule has 0 aliphatic heterocycles. The van der Waals surface area contributed by atoms with Gasteiger partial charge in [-0.25, -0.2) is 4.18 Å². The first-order chi connectivity index (χ1) is 7.74. The van der Waals surface area contributed by atoms with E-state index in [1.165, 1.54) is 6.92 Å². The van der Waals surface area contributed by atoms with Crippen molar-refractivity contribution >= 4 is 16.3 Å². The molecule has 7 heteroatoms.